The molecule has 0 unspecified atom stereocenters. The minimum absolute atomic E-state index is 0.610. The number of allylic oxidation sites excluding steroid dienone is 2. The van der Waals surface area contributed by atoms with Crippen LogP contribution < -0.4 is 0 Å². The van der Waals surface area contributed by atoms with Gasteiger partial charge < -0.3 is 0 Å². The summed E-state index contributed by atoms with van der Waals surface area (Å²) in [5.41, 5.74) is 5.45. The molecule has 1 aliphatic rings. The van der Waals surface area contributed by atoms with Gasteiger partial charge in [-0.1, -0.05) is 19.9 Å². The minimum Gasteiger partial charge on any atom is -0.261 e. The van der Waals surface area contributed by atoms with Crippen molar-refractivity contribution >= 4 is 5.57 Å². The van der Waals surface area contributed by atoms with Crippen LogP contribution >= 0.6 is 0 Å². The van der Waals surface area contributed by atoms with Crippen molar-refractivity contribution in [3.05, 3.63) is 35.2 Å². The molecule has 1 nitrogen and oxygen atoms in total. The van der Waals surface area contributed by atoms with E-state index in [0.29, 0.717) is 5.92 Å². The molecule has 1 aromatic heterocycles. The molecule has 0 bridgehead atoms. The first kappa shape index (κ1) is 9.45. The van der Waals surface area contributed by atoms with Crippen molar-refractivity contribution in [2.45, 2.75) is 33.6 Å². The van der Waals surface area contributed by atoms with Crippen molar-refractivity contribution < 1.29 is 0 Å². The van der Waals surface area contributed by atoms with Gasteiger partial charge in [0.25, 0.3) is 0 Å². The lowest BCUT2D eigenvalue weighted by Gasteiger charge is -2.20. The second kappa shape index (κ2) is 3.56. The van der Waals surface area contributed by atoms with E-state index in [9.17, 15) is 0 Å². The van der Waals surface area contributed by atoms with Gasteiger partial charge in [0.2, 0.25) is 0 Å². The van der Waals surface area contributed by atoms with Crippen molar-refractivity contribution in [1.29, 1.82) is 0 Å². The number of pyridine rings is 1. The van der Waals surface area contributed by atoms with E-state index < -0.39 is 0 Å². The third-order valence-electron chi connectivity index (χ3n) is 2.84. The van der Waals surface area contributed by atoms with Gasteiger partial charge in [0.1, 0.15) is 0 Å². The molecule has 0 aliphatic heterocycles. The van der Waals surface area contributed by atoms with Gasteiger partial charge in [0.05, 0.1) is 0 Å². The Labute approximate surface area is 85.9 Å². The lowest BCUT2D eigenvalue weighted by molar-refractivity contribution is 0.825. The highest BCUT2D eigenvalue weighted by molar-refractivity contribution is 5.70. The van der Waals surface area contributed by atoms with E-state index in [-0.39, 0.29) is 0 Å². The Balaban J connectivity index is 2.49. The summed E-state index contributed by atoms with van der Waals surface area (Å²) in [7, 11) is 0. The molecule has 2 rings (SSSR count). The number of hydrogen-bond donors (Lipinski definition) is 0. The second-order valence-corrected chi connectivity index (χ2v) is 4.34. The Morgan fingerprint density at radius 2 is 2.14 bits per heavy atom. The second-order valence-electron chi connectivity index (χ2n) is 4.34. The zero-order valence-electron chi connectivity index (χ0n) is 9.17. The van der Waals surface area contributed by atoms with E-state index in [1.807, 2.05) is 6.20 Å². The summed E-state index contributed by atoms with van der Waals surface area (Å²) in [4.78, 5) is 4.38. The highest BCUT2D eigenvalue weighted by atomic mass is 14.7. The number of fused-ring (bicyclic) bond motifs is 1. The SMILES string of the molecule is Cc1cc2c(cn1)C(C(C)C)=CCC2. The van der Waals surface area contributed by atoms with Crippen molar-refractivity contribution in [2.75, 3.05) is 0 Å². The summed E-state index contributed by atoms with van der Waals surface area (Å²) in [6.45, 7) is 6.56. The van der Waals surface area contributed by atoms with Gasteiger partial charge >= 0.3 is 0 Å². The molecule has 1 heteroatoms. The maximum atomic E-state index is 4.38. The number of aromatic nitrogens is 1. The lowest BCUT2D eigenvalue weighted by Crippen LogP contribution is -2.05. The van der Waals surface area contributed by atoms with Crippen LogP contribution in [0.5, 0.6) is 0 Å². The Hall–Kier alpha value is -1.11. The molecule has 0 saturated heterocycles. The molecule has 0 radical (unpaired) electrons. The molecular formula is C13H17N. The largest absolute Gasteiger partial charge is 0.261 e. The van der Waals surface area contributed by atoms with Crippen LogP contribution in [0.3, 0.4) is 0 Å². The van der Waals surface area contributed by atoms with Crippen LogP contribution in [-0.4, -0.2) is 4.98 Å². The van der Waals surface area contributed by atoms with Crippen LogP contribution in [0.2, 0.25) is 0 Å². The fraction of sp³-hybridized carbons (Fsp3) is 0.462. The van der Waals surface area contributed by atoms with E-state index in [2.05, 4.69) is 37.9 Å². The molecule has 0 N–H and O–H groups in total. The fourth-order valence-corrected chi connectivity index (χ4v) is 2.12. The van der Waals surface area contributed by atoms with Crippen molar-refractivity contribution in [3.8, 4) is 0 Å². The van der Waals surface area contributed by atoms with Crippen LogP contribution in [0.1, 0.15) is 37.1 Å². The topological polar surface area (TPSA) is 12.9 Å². The Morgan fingerprint density at radius 1 is 1.36 bits per heavy atom. The molecule has 0 fully saturated rings. The van der Waals surface area contributed by atoms with Crippen LogP contribution in [-0.2, 0) is 6.42 Å². The van der Waals surface area contributed by atoms with Gasteiger partial charge in [-0.05, 0) is 48.4 Å². The van der Waals surface area contributed by atoms with E-state index in [1.165, 1.54) is 29.5 Å². The number of hydrogen-bond acceptors (Lipinski definition) is 1. The summed E-state index contributed by atoms with van der Waals surface area (Å²) in [5.74, 6) is 0.610. The molecule has 1 aliphatic carbocycles. The molecule has 14 heavy (non-hydrogen) atoms. The monoisotopic (exact) mass is 187 g/mol. The average molecular weight is 187 g/mol. The number of aryl methyl sites for hydroxylation is 2. The fourth-order valence-electron chi connectivity index (χ4n) is 2.12. The van der Waals surface area contributed by atoms with Gasteiger partial charge in [0.15, 0.2) is 0 Å². The summed E-state index contributed by atoms with van der Waals surface area (Å²) in [6.07, 6.45) is 6.76. The van der Waals surface area contributed by atoms with Gasteiger partial charge in [-0.3, -0.25) is 4.98 Å². The third kappa shape index (κ3) is 1.59. The van der Waals surface area contributed by atoms with E-state index >= 15 is 0 Å². The molecule has 0 amide bonds. The summed E-state index contributed by atoms with van der Waals surface area (Å²) in [5, 5.41) is 0. The predicted octanol–water partition coefficient (Wildman–Crippen LogP) is 3.38. The third-order valence-corrected chi connectivity index (χ3v) is 2.84. The summed E-state index contributed by atoms with van der Waals surface area (Å²) >= 11 is 0. The lowest BCUT2D eigenvalue weighted by atomic mass is 9.86. The van der Waals surface area contributed by atoms with Crippen molar-refractivity contribution in [3.63, 3.8) is 0 Å². The molecule has 1 aromatic rings. The first-order valence-corrected chi connectivity index (χ1v) is 5.34. The van der Waals surface area contributed by atoms with Crippen LogP contribution in [0.25, 0.3) is 5.57 Å². The Bertz CT molecular complexity index is 375. The van der Waals surface area contributed by atoms with Crippen LogP contribution in [0, 0.1) is 12.8 Å². The smallest absolute Gasteiger partial charge is 0.0375 e. The molecule has 0 saturated carbocycles. The van der Waals surface area contributed by atoms with E-state index in [4.69, 9.17) is 0 Å². The predicted molar refractivity (Wildman–Crippen MR) is 60.1 cm³/mol. The molecular weight excluding hydrogens is 170 g/mol. The standard InChI is InChI=1S/C13H17N/c1-9(2)12-6-4-5-11-7-10(3)14-8-13(11)12/h6-9H,4-5H2,1-3H3. The van der Waals surface area contributed by atoms with Crippen molar-refractivity contribution in [2.24, 2.45) is 5.92 Å². The first-order valence-electron chi connectivity index (χ1n) is 5.34. The van der Waals surface area contributed by atoms with Crippen molar-refractivity contribution in [1.82, 2.24) is 4.98 Å². The maximum Gasteiger partial charge on any atom is 0.0375 e. The molecule has 74 valence electrons. The minimum atomic E-state index is 0.610. The normalized spacial score (nSPS) is 15.3. The van der Waals surface area contributed by atoms with Gasteiger partial charge in [-0.15, -0.1) is 0 Å². The first-order chi connectivity index (χ1) is 6.68. The van der Waals surface area contributed by atoms with E-state index in [0.717, 1.165) is 5.69 Å². The zero-order valence-corrected chi connectivity index (χ0v) is 9.17. The van der Waals surface area contributed by atoms with Crippen LogP contribution in [0.15, 0.2) is 18.3 Å². The highest BCUT2D eigenvalue weighted by Gasteiger charge is 2.15. The molecule has 1 heterocycles. The Morgan fingerprint density at radius 3 is 2.86 bits per heavy atom. The quantitative estimate of drug-likeness (QED) is 0.656. The van der Waals surface area contributed by atoms with Crippen LogP contribution in [0.4, 0.5) is 0 Å². The highest BCUT2D eigenvalue weighted by Crippen LogP contribution is 2.31. The summed E-state index contributed by atoms with van der Waals surface area (Å²) < 4.78 is 0. The van der Waals surface area contributed by atoms with Gasteiger partial charge in [0, 0.05) is 11.9 Å². The zero-order chi connectivity index (χ0) is 10.1. The Kier molecular flexibility index (Phi) is 2.40. The van der Waals surface area contributed by atoms with E-state index in [1.54, 1.807) is 0 Å². The van der Waals surface area contributed by atoms with Gasteiger partial charge in [-0.25, -0.2) is 0 Å². The molecule has 0 spiro atoms. The average Bonchev–Trinajstić information content (AvgIpc) is 2.16. The molecule has 0 aromatic carbocycles. The number of rotatable bonds is 1. The van der Waals surface area contributed by atoms with Gasteiger partial charge in [-0.2, -0.15) is 0 Å². The number of nitrogens with zero attached hydrogens (tertiary/aromatic N) is 1. The maximum absolute atomic E-state index is 4.38. The molecule has 0 atom stereocenters. The summed E-state index contributed by atoms with van der Waals surface area (Å²) in [6, 6.07) is 2.23.